The third kappa shape index (κ3) is 2.45. The van der Waals surface area contributed by atoms with E-state index in [2.05, 4.69) is 10.4 Å². The van der Waals surface area contributed by atoms with E-state index in [1.165, 1.54) is 0 Å². The molecule has 1 aliphatic rings. The Labute approximate surface area is 104 Å². The Morgan fingerprint density at radius 2 is 2.17 bits per heavy atom. The van der Waals surface area contributed by atoms with Gasteiger partial charge in [0.2, 0.25) is 0 Å². The number of carbonyl (C=O) groups is 1. The topological polar surface area (TPSA) is 89.2 Å². The Balaban J connectivity index is 2.33. The predicted octanol–water partition coefficient (Wildman–Crippen LogP) is -0.384. The van der Waals surface area contributed by atoms with Crippen molar-refractivity contribution in [3.05, 3.63) is 16.3 Å². The number of hydrogen-bond donors (Lipinski definition) is 2. The molecule has 1 aromatic rings. The van der Waals surface area contributed by atoms with E-state index in [-0.39, 0.29) is 18.2 Å². The zero-order valence-corrected chi connectivity index (χ0v) is 10.4. The lowest BCUT2D eigenvalue weighted by atomic mass is 9.97. The van der Waals surface area contributed by atoms with Crippen molar-refractivity contribution in [3.63, 3.8) is 0 Å². The number of rotatable bonds is 4. The lowest BCUT2D eigenvalue weighted by Crippen LogP contribution is -2.30. The molecule has 1 aromatic heterocycles. The number of hydrogen-bond acceptors (Lipinski definition) is 4. The molecule has 18 heavy (non-hydrogen) atoms. The smallest absolute Gasteiger partial charge is 0.346 e. The number of aromatic nitrogens is 3. The van der Waals surface area contributed by atoms with E-state index in [0.717, 1.165) is 36.4 Å². The van der Waals surface area contributed by atoms with Crippen LogP contribution in [0.15, 0.2) is 4.79 Å². The highest BCUT2D eigenvalue weighted by atomic mass is 16.4. The van der Waals surface area contributed by atoms with E-state index in [1.54, 1.807) is 4.57 Å². The van der Waals surface area contributed by atoms with Gasteiger partial charge in [0.1, 0.15) is 12.4 Å². The van der Waals surface area contributed by atoms with Crippen LogP contribution in [0.25, 0.3) is 0 Å². The summed E-state index contributed by atoms with van der Waals surface area (Å²) in [5.74, 6) is -0.0751. The number of carboxylic acid groups (broad SMARTS) is 1. The van der Waals surface area contributed by atoms with Crippen LogP contribution >= 0.6 is 0 Å². The monoisotopic (exact) mass is 254 g/mol. The second-order valence-electron chi connectivity index (χ2n) is 4.46. The summed E-state index contributed by atoms with van der Waals surface area (Å²) in [4.78, 5) is 22.7. The van der Waals surface area contributed by atoms with Crippen molar-refractivity contribution in [2.24, 2.45) is 0 Å². The highest BCUT2D eigenvalue weighted by molar-refractivity contribution is 5.66. The number of nitrogens with one attached hydrogen (secondary N) is 1. The second-order valence-corrected chi connectivity index (χ2v) is 4.46. The van der Waals surface area contributed by atoms with Crippen LogP contribution in [0.4, 0.5) is 0 Å². The maximum atomic E-state index is 12.0. The molecule has 0 spiro atoms. The molecule has 1 fully saturated rings. The molecule has 0 saturated carbocycles. The van der Waals surface area contributed by atoms with Crippen LogP contribution in [0, 0.1) is 0 Å². The quantitative estimate of drug-likeness (QED) is 0.764. The molecule has 2 rings (SSSR count). The van der Waals surface area contributed by atoms with Crippen molar-refractivity contribution >= 4 is 5.97 Å². The Morgan fingerprint density at radius 1 is 1.50 bits per heavy atom. The van der Waals surface area contributed by atoms with Gasteiger partial charge in [-0.1, -0.05) is 0 Å². The van der Waals surface area contributed by atoms with E-state index in [4.69, 9.17) is 5.11 Å². The molecule has 1 aliphatic heterocycles. The van der Waals surface area contributed by atoms with Crippen molar-refractivity contribution in [1.82, 2.24) is 19.7 Å². The minimum absolute atomic E-state index is 0.244. The fourth-order valence-electron chi connectivity index (χ4n) is 2.37. The molecule has 0 bridgehead atoms. The minimum atomic E-state index is -1.05. The normalized spacial score (nSPS) is 16.9. The molecule has 2 N–H and O–H groups in total. The van der Waals surface area contributed by atoms with E-state index in [9.17, 15) is 9.59 Å². The first kappa shape index (κ1) is 12.8. The van der Waals surface area contributed by atoms with Crippen molar-refractivity contribution < 1.29 is 9.90 Å². The molecule has 0 aromatic carbocycles. The van der Waals surface area contributed by atoms with Gasteiger partial charge in [0.05, 0.1) is 0 Å². The van der Waals surface area contributed by atoms with Crippen LogP contribution in [0.5, 0.6) is 0 Å². The lowest BCUT2D eigenvalue weighted by molar-refractivity contribution is -0.138. The number of aliphatic carboxylic acids is 1. The third-order valence-corrected chi connectivity index (χ3v) is 3.26. The number of nitrogens with zero attached hydrogens (tertiary/aromatic N) is 3. The highest BCUT2D eigenvalue weighted by Crippen LogP contribution is 2.22. The van der Waals surface area contributed by atoms with Gasteiger partial charge >= 0.3 is 11.7 Å². The van der Waals surface area contributed by atoms with E-state index in [0.29, 0.717) is 6.54 Å². The van der Waals surface area contributed by atoms with Gasteiger partial charge in [0.25, 0.3) is 0 Å². The fourth-order valence-corrected chi connectivity index (χ4v) is 2.37. The molecule has 2 heterocycles. The molecule has 0 aliphatic carbocycles. The first-order valence-electron chi connectivity index (χ1n) is 6.23. The van der Waals surface area contributed by atoms with Crippen molar-refractivity contribution in [3.8, 4) is 0 Å². The van der Waals surface area contributed by atoms with Crippen LogP contribution < -0.4 is 11.0 Å². The van der Waals surface area contributed by atoms with Gasteiger partial charge in [-0.25, -0.2) is 9.48 Å². The predicted molar refractivity (Wildman–Crippen MR) is 64.6 cm³/mol. The van der Waals surface area contributed by atoms with Gasteiger partial charge in [-0.15, -0.1) is 0 Å². The van der Waals surface area contributed by atoms with Gasteiger partial charge in [0, 0.05) is 12.5 Å². The molecular formula is C11H18N4O3. The van der Waals surface area contributed by atoms with Crippen molar-refractivity contribution in [2.45, 2.75) is 38.8 Å². The second kappa shape index (κ2) is 5.34. The summed E-state index contributed by atoms with van der Waals surface area (Å²) in [7, 11) is 0. The van der Waals surface area contributed by atoms with Crippen LogP contribution in [0.1, 0.15) is 31.5 Å². The fraction of sp³-hybridized carbons (Fsp3) is 0.727. The lowest BCUT2D eigenvalue weighted by Gasteiger charge is -2.21. The van der Waals surface area contributed by atoms with Crippen LogP contribution in [-0.4, -0.2) is 38.5 Å². The third-order valence-electron chi connectivity index (χ3n) is 3.26. The zero-order chi connectivity index (χ0) is 13.1. The van der Waals surface area contributed by atoms with Gasteiger partial charge in [-0.2, -0.15) is 5.10 Å². The molecule has 0 atom stereocenters. The first-order chi connectivity index (χ1) is 8.63. The van der Waals surface area contributed by atoms with E-state index in [1.807, 2.05) is 6.92 Å². The number of piperidine rings is 1. The standard InChI is InChI=1S/C11H18N4O3/c1-2-14-10(8-3-5-12-6-4-8)13-15(11(14)18)7-9(16)17/h8,12H,2-7H2,1H3,(H,16,17). The zero-order valence-electron chi connectivity index (χ0n) is 10.4. The van der Waals surface area contributed by atoms with Crippen LogP contribution in [-0.2, 0) is 17.9 Å². The Kier molecular flexibility index (Phi) is 3.81. The van der Waals surface area contributed by atoms with E-state index < -0.39 is 5.97 Å². The van der Waals surface area contributed by atoms with Gasteiger partial charge in [-0.3, -0.25) is 9.36 Å². The summed E-state index contributed by atoms with van der Waals surface area (Å²) < 4.78 is 2.63. The van der Waals surface area contributed by atoms with Crippen LogP contribution in [0.2, 0.25) is 0 Å². The summed E-state index contributed by atoms with van der Waals surface area (Å²) in [6.07, 6.45) is 1.87. The van der Waals surface area contributed by atoms with Crippen molar-refractivity contribution in [1.29, 1.82) is 0 Å². The molecule has 0 unspecified atom stereocenters. The largest absolute Gasteiger partial charge is 0.480 e. The molecular weight excluding hydrogens is 236 g/mol. The molecule has 7 heteroatoms. The maximum absolute atomic E-state index is 12.0. The Morgan fingerprint density at radius 3 is 2.72 bits per heavy atom. The maximum Gasteiger partial charge on any atom is 0.346 e. The molecule has 7 nitrogen and oxygen atoms in total. The van der Waals surface area contributed by atoms with Gasteiger partial charge < -0.3 is 10.4 Å². The summed E-state index contributed by atoms with van der Waals surface area (Å²) in [6, 6.07) is 0. The molecule has 1 saturated heterocycles. The summed E-state index contributed by atoms with van der Waals surface area (Å²) in [5, 5.41) is 16.2. The van der Waals surface area contributed by atoms with E-state index >= 15 is 0 Å². The summed E-state index contributed by atoms with van der Waals surface area (Å²) >= 11 is 0. The average molecular weight is 254 g/mol. The Hall–Kier alpha value is -1.63. The summed E-state index contributed by atoms with van der Waals surface area (Å²) in [5.41, 5.74) is -0.326. The molecule has 0 radical (unpaired) electrons. The summed E-state index contributed by atoms with van der Waals surface area (Å²) in [6.45, 7) is 3.85. The minimum Gasteiger partial charge on any atom is -0.480 e. The number of carboxylic acids is 1. The average Bonchev–Trinajstić information content (AvgIpc) is 2.67. The first-order valence-corrected chi connectivity index (χ1v) is 6.23. The van der Waals surface area contributed by atoms with Gasteiger partial charge in [0.15, 0.2) is 0 Å². The SMILES string of the molecule is CCn1c(C2CCNCC2)nn(CC(=O)O)c1=O. The van der Waals surface area contributed by atoms with Gasteiger partial charge in [-0.05, 0) is 32.9 Å². The van der Waals surface area contributed by atoms with Crippen molar-refractivity contribution in [2.75, 3.05) is 13.1 Å². The van der Waals surface area contributed by atoms with Crippen LogP contribution in [0.3, 0.4) is 0 Å². The molecule has 100 valence electrons. The highest BCUT2D eigenvalue weighted by Gasteiger charge is 2.23. The Bertz CT molecular complexity index is 485. The molecule has 0 amide bonds.